The minimum absolute atomic E-state index is 0.183. The van der Waals surface area contributed by atoms with Gasteiger partial charge in [-0.25, -0.2) is 4.39 Å². The largest absolute Gasteiger partial charge is 0.207 e. The van der Waals surface area contributed by atoms with E-state index in [1.807, 2.05) is 6.07 Å². The normalized spacial score (nSPS) is 17.8. The van der Waals surface area contributed by atoms with E-state index in [4.69, 9.17) is 11.6 Å². The van der Waals surface area contributed by atoms with Gasteiger partial charge in [0.05, 0.1) is 0 Å². The van der Waals surface area contributed by atoms with E-state index >= 15 is 0 Å². The Hall–Kier alpha value is -0.0800. The predicted octanol–water partition coefficient (Wildman–Crippen LogP) is 4.54. The van der Waals surface area contributed by atoms with Crippen molar-refractivity contribution in [3.63, 3.8) is 0 Å². The molecular formula is C12H13BrClF. The smallest absolute Gasteiger partial charge is 0.124 e. The van der Waals surface area contributed by atoms with Gasteiger partial charge >= 0.3 is 0 Å². The number of hydrogen-bond acceptors (Lipinski definition) is 0. The Morgan fingerprint density at radius 1 is 1.40 bits per heavy atom. The summed E-state index contributed by atoms with van der Waals surface area (Å²) in [5.41, 5.74) is 1.02. The second-order valence-electron chi connectivity index (χ2n) is 4.17. The van der Waals surface area contributed by atoms with Gasteiger partial charge < -0.3 is 0 Å². The lowest BCUT2D eigenvalue weighted by molar-refractivity contribution is 0.620. The molecule has 0 heterocycles. The van der Waals surface area contributed by atoms with Crippen LogP contribution in [0, 0.1) is 11.7 Å². The van der Waals surface area contributed by atoms with Gasteiger partial charge in [-0.05, 0) is 55.4 Å². The van der Waals surface area contributed by atoms with Crippen LogP contribution in [0.4, 0.5) is 4.39 Å². The third kappa shape index (κ3) is 3.46. The van der Waals surface area contributed by atoms with Crippen molar-refractivity contribution < 1.29 is 4.39 Å². The second-order valence-corrected chi connectivity index (χ2v) is 5.65. The molecule has 0 radical (unpaired) electrons. The Bertz CT molecular complexity index is 329. The molecule has 3 heteroatoms. The van der Waals surface area contributed by atoms with Crippen LogP contribution < -0.4 is 0 Å². The summed E-state index contributed by atoms with van der Waals surface area (Å²) in [6.07, 6.45) is 4.34. The highest BCUT2D eigenvalue weighted by atomic mass is 79.9. The molecule has 1 fully saturated rings. The van der Waals surface area contributed by atoms with Gasteiger partial charge in [0.25, 0.3) is 0 Å². The average Bonchev–Trinajstić information content (AvgIpc) is 2.95. The van der Waals surface area contributed by atoms with E-state index in [0.29, 0.717) is 5.92 Å². The monoisotopic (exact) mass is 290 g/mol. The van der Waals surface area contributed by atoms with Gasteiger partial charge in [0.2, 0.25) is 0 Å². The van der Waals surface area contributed by atoms with Crippen LogP contribution in [0.5, 0.6) is 0 Å². The zero-order valence-corrected chi connectivity index (χ0v) is 10.7. The zero-order valence-electron chi connectivity index (χ0n) is 8.35. The standard InChI is InChI=1S/C12H13BrClF/c13-10-5-8(6-11(15)7-10)1-4-12(14)9-2-3-9/h5-7,9,12H,1-4H2. The van der Waals surface area contributed by atoms with E-state index in [-0.39, 0.29) is 11.2 Å². The number of hydrogen-bond donors (Lipinski definition) is 0. The van der Waals surface area contributed by atoms with Crippen LogP contribution in [0.3, 0.4) is 0 Å². The van der Waals surface area contributed by atoms with E-state index in [0.717, 1.165) is 22.9 Å². The molecule has 1 aliphatic rings. The van der Waals surface area contributed by atoms with E-state index in [9.17, 15) is 4.39 Å². The van der Waals surface area contributed by atoms with Crippen LogP contribution in [0.1, 0.15) is 24.8 Å². The van der Waals surface area contributed by atoms with Crippen LogP contribution in [0.15, 0.2) is 22.7 Å². The molecule has 0 nitrogen and oxygen atoms in total. The molecule has 0 spiro atoms. The highest BCUT2D eigenvalue weighted by Gasteiger charge is 2.29. The van der Waals surface area contributed by atoms with Gasteiger partial charge in [-0.15, -0.1) is 11.6 Å². The van der Waals surface area contributed by atoms with Crippen molar-refractivity contribution in [1.29, 1.82) is 0 Å². The summed E-state index contributed by atoms with van der Waals surface area (Å²) < 4.78 is 13.9. The van der Waals surface area contributed by atoms with E-state index in [2.05, 4.69) is 15.9 Å². The first-order valence-corrected chi connectivity index (χ1v) is 6.47. The molecule has 0 aliphatic heterocycles. The van der Waals surface area contributed by atoms with E-state index in [1.54, 1.807) is 6.07 Å². The topological polar surface area (TPSA) is 0 Å². The molecule has 1 aromatic rings. The van der Waals surface area contributed by atoms with E-state index in [1.165, 1.54) is 18.9 Å². The van der Waals surface area contributed by atoms with Gasteiger partial charge in [0.1, 0.15) is 5.82 Å². The maximum absolute atomic E-state index is 13.1. The maximum Gasteiger partial charge on any atom is 0.124 e. The van der Waals surface area contributed by atoms with Crippen molar-refractivity contribution in [2.45, 2.75) is 31.1 Å². The van der Waals surface area contributed by atoms with Crippen LogP contribution in [-0.2, 0) is 6.42 Å². The number of alkyl halides is 1. The minimum Gasteiger partial charge on any atom is -0.207 e. The quantitative estimate of drug-likeness (QED) is 0.715. The first-order chi connectivity index (χ1) is 7.15. The summed E-state index contributed by atoms with van der Waals surface area (Å²) in [4.78, 5) is 0. The minimum atomic E-state index is -0.183. The van der Waals surface area contributed by atoms with Gasteiger partial charge in [0.15, 0.2) is 0 Å². The summed E-state index contributed by atoms with van der Waals surface area (Å²) in [5, 5.41) is 0.270. The second kappa shape index (κ2) is 4.84. The molecule has 1 saturated carbocycles. The number of benzene rings is 1. The van der Waals surface area contributed by atoms with E-state index < -0.39 is 0 Å². The van der Waals surface area contributed by atoms with Crippen molar-refractivity contribution in [3.8, 4) is 0 Å². The zero-order chi connectivity index (χ0) is 10.8. The number of halogens is 3. The molecule has 0 aromatic heterocycles. The molecule has 0 saturated heterocycles. The Kier molecular flexibility index (Phi) is 3.68. The molecule has 82 valence electrons. The molecule has 1 atom stereocenters. The molecule has 1 unspecified atom stereocenters. The lowest BCUT2D eigenvalue weighted by Crippen LogP contribution is -2.03. The van der Waals surface area contributed by atoms with Crippen molar-refractivity contribution in [2.75, 3.05) is 0 Å². The highest BCUT2D eigenvalue weighted by molar-refractivity contribution is 9.10. The summed E-state index contributed by atoms with van der Waals surface area (Å²) in [5.74, 6) is 0.528. The maximum atomic E-state index is 13.1. The molecular weight excluding hydrogens is 278 g/mol. The lowest BCUT2D eigenvalue weighted by atomic mass is 10.1. The molecule has 0 amide bonds. The van der Waals surface area contributed by atoms with Crippen LogP contribution in [0.25, 0.3) is 0 Å². The first kappa shape index (κ1) is 11.4. The number of aryl methyl sites for hydroxylation is 1. The molecule has 1 aliphatic carbocycles. The molecule has 1 aromatic carbocycles. The Morgan fingerprint density at radius 3 is 2.73 bits per heavy atom. The summed E-state index contributed by atoms with van der Waals surface area (Å²) in [6.45, 7) is 0. The van der Waals surface area contributed by atoms with Crippen LogP contribution >= 0.6 is 27.5 Å². The third-order valence-electron chi connectivity index (χ3n) is 2.76. The highest BCUT2D eigenvalue weighted by Crippen LogP contribution is 2.37. The van der Waals surface area contributed by atoms with Crippen LogP contribution in [-0.4, -0.2) is 5.38 Å². The lowest BCUT2D eigenvalue weighted by Gasteiger charge is -2.07. The first-order valence-electron chi connectivity index (χ1n) is 5.24. The molecule has 0 N–H and O–H groups in total. The molecule has 2 rings (SSSR count). The Morgan fingerprint density at radius 2 is 2.13 bits per heavy atom. The fraction of sp³-hybridized carbons (Fsp3) is 0.500. The van der Waals surface area contributed by atoms with Gasteiger partial charge in [-0.1, -0.05) is 15.9 Å². The van der Waals surface area contributed by atoms with Gasteiger partial charge in [-0.2, -0.15) is 0 Å². The predicted molar refractivity (Wildman–Crippen MR) is 64.8 cm³/mol. The van der Waals surface area contributed by atoms with Crippen molar-refractivity contribution in [1.82, 2.24) is 0 Å². The Balaban J connectivity index is 1.91. The van der Waals surface area contributed by atoms with Crippen molar-refractivity contribution in [3.05, 3.63) is 34.1 Å². The summed E-state index contributed by atoms with van der Waals surface area (Å²) in [6, 6.07) is 5.02. The fourth-order valence-electron chi connectivity index (χ4n) is 1.75. The summed E-state index contributed by atoms with van der Waals surface area (Å²) >= 11 is 9.49. The third-order valence-corrected chi connectivity index (χ3v) is 3.80. The van der Waals surface area contributed by atoms with Gasteiger partial charge in [-0.3, -0.25) is 0 Å². The SMILES string of the molecule is Fc1cc(Br)cc(CCC(Cl)C2CC2)c1. The average molecular weight is 292 g/mol. The molecule has 15 heavy (non-hydrogen) atoms. The molecule has 0 bridgehead atoms. The van der Waals surface area contributed by atoms with Crippen molar-refractivity contribution in [2.24, 2.45) is 5.92 Å². The van der Waals surface area contributed by atoms with Crippen LogP contribution in [0.2, 0.25) is 0 Å². The summed E-state index contributed by atoms with van der Waals surface area (Å²) in [7, 11) is 0. The van der Waals surface area contributed by atoms with Gasteiger partial charge in [0, 0.05) is 9.85 Å². The number of rotatable bonds is 4. The van der Waals surface area contributed by atoms with Crippen molar-refractivity contribution >= 4 is 27.5 Å². The fourth-order valence-corrected chi connectivity index (χ4v) is 2.63. The Labute approximate surface area is 103 Å².